The van der Waals surface area contributed by atoms with Crippen molar-refractivity contribution in [1.29, 1.82) is 0 Å². The van der Waals surface area contributed by atoms with Crippen LogP contribution in [0.5, 0.6) is 0 Å². The number of hydrogen-bond donors (Lipinski definition) is 0. The summed E-state index contributed by atoms with van der Waals surface area (Å²) in [4.78, 5) is 10.1. The van der Waals surface area contributed by atoms with Gasteiger partial charge in [-0.05, 0) is 102 Å². The molecule has 0 radical (unpaired) electrons. The van der Waals surface area contributed by atoms with E-state index in [0.717, 1.165) is 38.5 Å². The minimum absolute atomic E-state index is 0.964. The first-order valence-corrected chi connectivity index (χ1v) is 16.8. The van der Waals surface area contributed by atoms with Gasteiger partial charge in [0.2, 0.25) is 0 Å². The van der Waals surface area contributed by atoms with Crippen LogP contribution in [-0.4, -0.2) is 14.4 Å². The predicted octanol–water partition coefficient (Wildman–Crippen LogP) is 12.1. The molecule has 0 spiro atoms. The number of rotatable bonds is 2. The van der Waals surface area contributed by atoms with Gasteiger partial charge in [-0.1, -0.05) is 121 Å². The van der Waals surface area contributed by atoms with Crippen LogP contribution in [0, 0.1) is 0 Å². The zero-order chi connectivity index (χ0) is 32.1. The molecule has 3 heterocycles. The maximum absolute atomic E-state index is 5.18. The highest BCUT2D eigenvalue weighted by Crippen LogP contribution is 2.42. The lowest BCUT2D eigenvalue weighted by atomic mass is 9.90. The van der Waals surface area contributed by atoms with Crippen LogP contribution in [-0.2, 0) is 0 Å². The SMILES string of the molecule is c1ccc2c(c1)nc1c3c4ccccc4c(-c4ccc(-c5ccc6c7ccccc7c7ccccc7c6c5)cc4)cc3c3ncccc3n21. The Kier molecular flexibility index (Phi) is 5.38. The van der Waals surface area contributed by atoms with Gasteiger partial charge in [0.15, 0.2) is 0 Å². The van der Waals surface area contributed by atoms with Crippen LogP contribution in [0.25, 0.3) is 104 Å². The van der Waals surface area contributed by atoms with Crippen molar-refractivity contribution in [3.8, 4) is 22.3 Å². The fraction of sp³-hybridized carbons (Fsp3) is 0. The topological polar surface area (TPSA) is 30.2 Å². The average molecular weight is 622 g/mol. The zero-order valence-electron chi connectivity index (χ0n) is 26.4. The highest BCUT2D eigenvalue weighted by Gasteiger charge is 2.19. The Morgan fingerprint density at radius 2 is 0.959 bits per heavy atom. The van der Waals surface area contributed by atoms with Crippen molar-refractivity contribution in [2.24, 2.45) is 0 Å². The van der Waals surface area contributed by atoms with Gasteiger partial charge in [-0.15, -0.1) is 0 Å². The van der Waals surface area contributed by atoms with Gasteiger partial charge >= 0.3 is 0 Å². The number of benzene rings is 8. The third-order valence-corrected chi connectivity index (χ3v) is 10.4. The Morgan fingerprint density at radius 1 is 0.388 bits per heavy atom. The van der Waals surface area contributed by atoms with E-state index in [0.29, 0.717) is 0 Å². The van der Waals surface area contributed by atoms with Crippen LogP contribution in [0.2, 0.25) is 0 Å². The molecule has 0 bridgehead atoms. The lowest BCUT2D eigenvalue weighted by molar-refractivity contribution is 1.29. The lowest BCUT2D eigenvalue weighted by Crippen LogP contribution is -1.95. The molecule has 8 aromatic carbocycles. The number of aromatic nitrogens is 3. The second-order valence-electron chi connectivity index (χ2n) is 13.0. The molecule has 0 aliphatic rings. The normalized spacial score (nSPS) is 12.1. The maximum atomic E-state index is 5.18. The van der Waals surface area contributed by atoms with Crippen molar-refractivity contribution in [1.82, 2.24) is 14.4 Å². The largest absolute Gasteiger partial charge is 0.290 e. The first-order valence-electron chi connectivity index (χ1n) is 16.8. The van der Waals surface area contributed by atoms with Gasteiger partial charge in [0.05, 0.1) is 22.1 Å². The molecule has 0 amide bonds. The smallest absolute Gasteiger partial charge is 0.147 e. The monoisotopic (exact) mass is 621 g/mol. The number of hydrogen-bond acceptors (Lipinski definition) is 2. The molecule has 0 atom stereocenters. The van der Waals surface area contributed by atoms with Crippen LogP contribution in [0.4, 0.5) is 0 Å². The van der Waals surface area contributed by atoms with Crippen LogP contribution < -0.4 is 0 Å². The van der Waals surface area contributed by atoms with Gasteiger partial charge in [0.25, 0.3) is 0 Å². The summed E-state index contributed by atoms with van der Waals surface area (Å²) in [5.74, 6) is 0. The standard InChI is InChI=1S/C46H27N3/c1-2-12-33-31(10-1)32-11-3-4-13-34(32)39-26-30(23-24-36(33)39)28-19-21-29(22-20-28)38-27-40-44(37-15-6-5-14-35(37)38)46-48-41-16-7-8-17-42(41)49(46)43-18-9-25-47-45(40)43/h1-27H. The third-order valence-electron chi connectivity index (χ3n) is 10.4. The Labute approximate surface area is 281 Å². The Balaban J connectivity index is 1.13. The van der Waals surface area contributed by atoms with E-state index in [1.165, 1.54) is 65.3 Å². The Hall–Kier alpha value is -6.58. The first kappa shape index (κ1) is 26.5. The van der Waals surface area contributed by atoms with Gasteiger partial charge in [0, 0.05) is 17.0 Å². The molecule has 3 aromatic heterocycles. The minimum Gasteiger partial charge on any atom is -0.290 e. The molecule has 226 valence electrons. The van der Waals surface area contributed by atoms with E-state index in [4.69, 9.17) is 9.97 Å². The summed E-state index contributed by atoms with van der Waals surface area (Å²) in [6.07, 6.45) is 1.89. The average Bonchev–Trinajstić information content (AvgIpc) is 3.57. The quantitative estimate of drug-likeness (QED) is 0.180. The van der Waals surface area contributed by atoms with Crippen LogP contribution >= 0.6 is 0 Å². The summed E-state index contributed by atoms with van der Waals surface area (Å²) in [6.45, 7) is 0. The van der Waals surface area contributed by atoms with E-state index in [1.807, 2.05) is 12.3 Å². The van der Waals surface area contributed by atoms with Crippen LogP contribution in [0.15, 0.2) is 164 Å². The highest BCUT2D eigenvalue weighted by molar-refractivity contribution is 6.26. The van der Waals surface area contributed by atoms with E-state index in [9.17, 15) is 0 Å². The van der Waals surface area contributed by atoms with Crippen molar-refractivity contribution in [2.75, 3.05) is 0 Å². The second-order valence-corrected chi connectivity index (χ2v) is 13.0. The molecule has 0 aliphatic heterocycles. The molecule has 0 saturated heterocycles. The summed E-state index contributed by atoms with van der Waals surface area (Å²) in [7, 11) is 0. The summed E-state index contributed by atoms with van der Waals surface area (Å²) >= 11 is 0. The molecule has 0 N–H and O–H groups in total. The van der Waals surface area contributed by atoms with E-state index >= 15 is 0 Å². The number of pyridine rings is 2. The summed E-state index contributed by atoms with van der Waals surface area (Å²) in [5, 5.41) is 12.4. The summed E-state index contributed by atoms with van der Waals surface area (Å²) in [5.41, 5.74) is 9.87. The van der Waals surface area contributed by atoms with Crippen molar-refractivity contribution in [2.45, 2.75) is 0 Å². The van der Waals surface area contributed by atoms with Gasteiger partial charge in [-0.25, -0.2) is 4.98 Å². The molecular formula is C46H27N3. The van der Waals surface area contributed by atoms with E-state index in [1.54, 1.807) is 0 Å². The molecule has 0 unspecified atom stereocenters. The molecule has 3 heteroatoms. The molecule has 11 aromatic rings. The zero-order valence-corrected chi connectivity index (χ0v) is 26.4. The number of para-hydroxylation sites is 2. The molecule has 11 rings (SSSR count). The van der Waals surface area contributed by atoms with Crippen molar-refractivity contribution >= 4 is 81.6 Å². The molecule has 0 aliphatic carbocycles. The predicted molar refractivity (Wildman–Crippen MR) is 206 cm³/mol. The maximum Gasteiger partial charge on any atom is 0.147 e. The van der Waals surface area contributed by atoms with Crippen molar-refractivity contribution < 1.29 is 0 Å². The fourth-order valence-electron chi connectivity index (χ4n) is 8.19. The number of fused-ring (bicyclic) bond motifs is 16. The lowest BCUT2D eigenvalue weighted by Gasteiger charge is -2.15. The minimum atomic E-state index is 0.964. The van der Waals surface area contributed by atoms with Crippen molar-refractivity contribution in [3.63, 3.8) is 0 Å². The number of imidazole rings is 1. The van der Waals surface area contributed by atoms with E-state index in [2.05, 4.69) is 156 Å². The second kappa shape index (κ2) is 9.96. The van der Waals surface area contributed by atoms with Gasteiger partial charge in [-0.3, -0.25) is 9.38 Å². The van der Waals surface area contributed by atoms with Gasteiger partial charge < -0.3 is 0 Å². The molecule has 49 heavy (non-hydrogen) atoms. The molecular weight excluding hydrogens is 595 g/mol. The van der Waals surface area contributed by atoms with E-state index in [-0.39, 0.29) is 0 Å². The fourth-order valence-corrected chi connectivity index (χ4v) is 8.19. The third kappa shape index (κ3) is 3.73. The van der Waals surface area contributed by atoms with Crippen LogP contribution in [0.3, 0.4) is 0 Å². The first-order chi connectivity index (χ1) is 24.3. The molecule has 3 nitrogen and oxygen atoms in total. The van der Waals surface area contributed by atoms with Gasteiger partial charge in [0.1, 0.15) is 5.65 Å². The number of nitrogens with zero attached hydrogens (tertiary/aromatic N) is 3. The van der Waals surface area contributed by atoms with Crippen molar-refractivity contribution in [3.05, 3.63) is 164 Å². The van der Waals surface area contributed by atoms with Gasteiger partial charge in [-0.2, -0.15) is 0 Å². The van der Waals surface area contributed by atoms with Crippen LogP contribution in [0.1, 0.15) is 0 Å². The Bertz CT molecular complexity index is 3120. The molecule has 0 saturated carbocycles. The molecule has 0 fully saturated rings. The summed E-state index contributed by atoms with van der Waals surface area (Å²) < 4.78 is 2.27. The van der Waals surface area contributed by atoms with E-state index < -0.39 is 0 Å². The summed E-state index contributed by atoms with van der Waals surface area (Å²) in [6, 6.07) is 57.1. The highest BCUT2D eigenvalue weighted by atomic mass is 15.0. The Morgan fingerprint density at radius 3 is 1.71 bits per heavy atom.